The Hall–Kier alpha value is -2.73. The summed E-state index contributed by atoms with van der Waals surface area (Å²) in [7, 11) is 0. The Morgan fingerprint density at radius 3 is 2.07 bits per heavy atom. The van der Waals surface area contributed by atoms with E-state index < -0.39 is 29.8 Å². The zero-order chi connectivity index (χ0) is 22.0. The van der Waals surface area contributed by atoms with Gasteiger partial charge in [-0.2, -0.15) is 12.6 Å². The third-order valence-electron chi connectivity index (χ3n) is 3.88. The standard InChI is InChI=1S/C14H16N2O6.C3H7NO2S/c17-10-5-6-11(18)15(10)9-3-1-2-4-14(21)22-16-12(19)7-8-13(16)20;4-2(1-7)3(5)6/h5-6H,1-4,7-9H2;2,7H,1,4H2,(H,5,6). The summed E-state index contributed by atoms with van der Waals surface area (Å²) in [5.74, 6) is -3.11. The summed E-state index contributed by atoms with van der Waals surface area (Å²) in [6.45, 7) is 0.308. The lowest BCUT2D eigenvalue weighted by Gasteiger charge is -2.14. The number of hydrogen-bond donors (Lipinski definition) is 3. The van der Waals surface area contributed by atoms with Crippen LogP contribution in [0.5, 0.6) is 0 Å². The van der Waals surface area contributed by atoms with Crippen molar-refractivity contribution in [3.05, 3.63) is 12.2 Å². The van der Waals surface area contributed by atoms with Crippen molar-refractivity contribution in [2.75, 3.05) is 12.3 Å². The van der Waals surface area contributed by atoms with Gasteiger partial charge in [0, 0.05) is 43.7 Å². The fourth-order valence-corrected chi connectivity index (χ4v) is 2.41. The number of rotatable bonds is 9. The predicted octanol–water partition coefficient (Wildman–Crippen LogP) is -0.593. The van der Waals surface area contributed by atoms with Crippen LogP contribution in [0.1, 0.15) is 38.5 Å². The molecule has 1 unspecified atom stereocenters. The predicted molar refractivity (Wildman–Crippen MR) is 101 cm³/mol. The molecule has 2 aliphatic heterocycles. The van der Waals surface area contributed by atoms with Gasteiger partial charge in [0.1, 0.15) is 6.04 Å². The van der Waals surface area contributed by atoms with Gasteiger partial charge in [0.25, 0.3) is 23.6 Å². The highest BCUT2D eigenvalue weighted by molar-refractivity contribution is 7.80. The van der Waals surface area contributed by atoms with Crippen LogP contribution in [0.2, 0.25) is 0 Å². The maximum Gasteiger partial charge on any atom is 0.333 e. The molecule has 3 N–H and O–H groups in total. The number of nitrogens with zero attached hydrogens (tertiary/aromatic N) is 2. The maximum atomic E-state index is 11.5. The van der Waals surface area contributed by atoms with Crippen LogP contribution in [-0.4, -0.2) is 69.0 Å². The van der Waals surface area contributed by atoms with E-state index in [1.807, 2.05) is 0 Å². The fraction of sp³-hybridized carbons (Fsp3) is 0.529. The molecule has 0 bridgehead atoms. The minimum absolute atomic E-state index is 0.0667. The molecular weight excluding hydrogens is 406 g/mol. The summed E-state index contributed by atoms with van der Waals surface area (Å²) in [6, 6.07) is -0.816. The van der Waals surface area contributed by atoms with E-state index in [0.717, 1.165) is 4.90 Å². The number of nitrogens with two attached hydrogens (primary N) is 1. The molecule has 1 fully saturated rings. The lowest BCUT2D eigenvalue weighted by molar-refractivity contribution is -0.197. The molecule has 0 aromatic carbocycles. The number of unbranched alkanes of at least 4 members (excludes halogenated alkanes) is 2. The first-order valence-corrected chi connectivity index (χ1v) is 9.50. The summed E-state index contributed by atoms with van der Waals surface area (Å²) in [4.78, 5) is 72.2. The lowest BCUT2D eigenvalue weighted by atomic mass is 10.2. The van der Waals surface area contributed by atoms with Gasteiger partial charge in [-0.3, -0.25) is 28.9 Å². The van der Waals surface area contributed by atoms with Crippen molar-refractivity contribution in [3.8, 4) is 0 Å². The lowest BCUT2D eigenvalue weighted by Crippen LogP contribution is -2.32. The van der Waals surface area contributed by atoms with Gasteiger partial charge in [-0.1, -0.05) is 6.42 Å². The number of aliphatic carboxylic acids is 1. The van der Waals surface area contributed by atoms with Crippen molar-refractivity contribution in [3.63, 3.8) is 0 Å². The minimum atomic E-state index is -1.00. The Morgan fingerprint density at radius 2 is 1.62 bits per heavy atom. The van der Waals surface area contributed by atoms with Gasteiger partial charge in [-0.05, 0) is 12.8 Å². The zero-order valence-corrected chi connectivity index (χ0v) is 16.5. The van der Waals surface area contributed by atoms with E-state index in [1.165, 1.54) is 12.2 Å². The van der Waals surface area contributed by atoms with Crippen molar-refractivity contribution in [2.45, 2.75) is 44.6 Å². The summed E-state index contributed by atoms with van der Waals surface area (Å²) in [5.41, 5.74) is 4.94. The number of carboxylic acids is 1. The monoisotopic (exact) mass is 429 g/mol. The highest BCUT2D eigenvalue weighted by Crippen LogP contribution is 2.14. The second kappa shape index (κ2) is 12.0. The SMILES string of the molecule is NC(CS)C(=O)O.O=C(CCCCCN1C(=O)C=CC1=O)ON1C(=O)CCC1=O. The molecule has 2 rings (SSSR count). The van der Waals surface area contributed by atoms with E-state index in [4.69, 9.17) is 15.7 Å². The molecule has 0 aliphatic carbocycles. The number of imide groups is 2. The largest absolute Gasteiger partial charge is 0.480 e. The Bertz CT molecular complexity index is 675. The topological polar surface area (TPSA) is 164 Å². The molecule has 29 heavy (non-hydrogen) atoms. The van der Waals surface area contributed by atoms with Crippen LogP contribution in [0.25, 0.3) is 0 Å². The van der Waals surface area contributed by atoms with Gasteiger partial charge in [0.05, 0.1) is 0 Å². The van der Waals surface area contributed by atoms with Gasteiger partial charge in [-0.25, -0.2) is 4.79 Å². The summed E-state index contributed by atoms with van der Waals surface area (Å²) in [6.07, 6.45) is 4.33. The van der Waals surface area contributed by atoms with E-state index in [9.17, 15) is 28.8 Å². The van der Waals surface area contributed by atoms with Crippen LogP contribution in [0, 0.1) is 0 Å². The van der Waals surface area contributed by atoms with Gasteiger partial charge >= 0.3 is 11.9 Å². The fourth-order valence-electron chi connectivity index (χ4n) is 2.25. The smallest absolute Gasteiger partial charge is 0.333 e. The number of hydrogen-bond acceptors (Lipinski definition) is 9. The van der Waals surface area contributed by atoms with Crippen molar-refractivity contribution in [2.24, 2.45) is 5.73 Å². The van der Waals surface area contributed by atoms with E-state index in [0.29, 0.717) is 30.9 Å². The molecule has 0 spiro atoms. The van der Waals surface area contributed by atoms with Gasteiger partial charge in [0.2, 0.25) is 0 Å². The molecule has 4 amide bonds. The minimum Gasteiger partial charge on any atom is -0.480 e. The van der Waals surface area contributed by atoms with Crippen molar-refractivity contribution < 1.29 is 38.7 Å². The normalized spacial score (nSPS) is 16.8. The third kappa shape index (κ3) is 8.03. The van der Waals surface area contributed by atoms with E-state index >= 15 is 0 Å². The molecule has 2 aliphatic rings. The third-order valence-corrected chi connectivity index (χ3v) is 4.27. The highest BCUT2D eigenvalue weighted by Gasteiger charge is 2.32. The molecule has 1 atom stereocenters. The second-order valence-corrected chi connectivity index (χ2v) is 6.51. The number of carbonyl (C=O) groups is 6. The number of hydroxylamine groups is 2. The Labute approximate surface area is 172 Å². The Kier molecular flexibility index (Phi) is 10.0. The van der Waals surface area contributed by atoms with Gasteiger partial charge < -0.3 is 15.7 Å². The van der Waals surface area contributed by atoms with E-state index in [-0.39, 0.29) is 36.8 Å². The summed E-state index contributed by atoms with van der Waals surface area (Å²) in [5, 5.41) is 8.53. The first-order valence-electron chi connectivity index (χ1n) is 8.86. The van der Waals surface area contributed by atoms with E-state index in [1.54, 1.807) is 0 Å². The quantitative estimate of drug-likeness (QED) is 0.247. The number of carboxylic acid groups (broad SMARTS) is 1. The van der Waals surface area contributed by atoms with Crippen LogP contribution < -0.4 is 5.73 Å². The van der Waals surface area contributed by atoms with Crippen LogP contribution in [-0.2, 0) is 33.6 Å². The molecule has 2 heterocycles. The molecule has 11 nitrogen and oxygen atoms in total. The van der Waals surface area contributed by atoms with Gasteiger partial charge in [-0.15, -0.1) is 5.06 Å². The van der Waals surface area contributed by atoms with Crippen LogP contribution >= 0.6 is 12.6 Å². The Balaban J connectivity index is 0.000000516. The zero-order valence-electron chi connectivity index (χ0n) is 15.6. The van der Waals surface area contributed by atoms with Crippen LogP contribution in [0.4, 0.5) is 0 Å². The molecule has 0 radical (unpaired) electrons. The van der Waals surface area contributed by atoms with Crippen LogP contribution in [0.3, 0.4) is 0 Å². The molecule has 1 saturated heterocycles. The number of carbonyl (C=O) groups excluding carboxylic acids is 5. The molecule has 0 aromatic heterocycles. The van der Waals surface area contributed by atoms with Crippen molar-refractivity contribution in [1.82, 2.24) is 9.96 Å². The average molecular weight is 429 g/mol. The van der Waals surface area contributed by atoms with Gasteiger partial charge in [0.15, 0.2) is 0 Å². The molecule has 160 valence electrons. The molecular formula is C17H23N3O8S. The average Bonchev–Trinajstić information content (AvgIpc) is 3.17. The van der Waals surface area contributed by atoms with E-state index in [2.05, 4.69) is 12.6 Å². The highest BCUT2D eigenvalue weighted by atomic mass is 32.1. The molecule has 0 aromatic rings. The molecule has 0 saturated carbocycles. The summed E-state index contributed by atoms with van der Waals surface area (Å²) < 4.78 is 0. The molecule has 12 heteroatoms. The second-order valence-electron chi connectivity index (χ2n) is 6.14. The van der Waals surface area contributed by atoms with Crippen molar-refractivity contribution in [1.29, 1.82) is 0 Å². The first kappa shape index (κ1) is 24.3. The Morgan fingerprint density at radius 1 is 1.07 bits per heavy atom. The van der Waals surface area contributed by atoms with Crippen LogP contribution in [0.15, 0.2) is 12.2 Å². The first-order chi connectivity index (χ1) is 13.7. The number of thiol groups is 1. The number of amides is 4. The van der Waals surface area contributed by atoms with Crippen molar-refractivity contribution >= 4 is 48.2 Å². The summed E-state index contributed by atoms with van der Waals surface area (Å²) >= 11 is 3.65. The maximum absolute atomic E-state index is 11.5.